The fourth-order valence-corrected chi connectivity index (χ4v) is 3.89. The molecule has 0 unspecified atom stereocenters. The summed E-state index contributed by atoms with van der Waals surface area (Å²) in [6, 6.07) is 6.47. The van der Waals surface area contributed by atoms with E-state index in [1.54, 1.807) is 53.1 Å². The van der Waals surface area contributed by atoms with Crippen LogP contribution in [0.5, 0.6) is 0 Å². The number of carbonyl (C=O) groups is 3. The Hall–Kier alpha value is -4.55. The van der Waals surface area contributed by atoms with Crippen LogP contribution in [0, 0.1) is 11.6 Å². The van der Waals surface area contributed by atoms with Gasteiger partial charge in [-0.25, -0.2) is 18.6 Å². The number of halogens is 2. The van der Waals surface area contributed by atoms with Crippen LogP contribution in [0.15, 0.2) is 42.7 Å². The van der Waals surface area contributed by atoms with Gasteiger partial charge in [0.2, 0.25) is 5.91 Å². The van der Waals surface area contributed by atoms with Gasteiger partial charge in [-0.1, -0.05) is 12.1 Å². The number of aromatic nitrogens is 3. The van der Waals surface area contributed by atoms with Crippen molar-refractivity contribution < 1.29 is 27.9 Å². The van der Waals surface area contributed by atoms with Crippen molar-refractivity contribution in [2.24, 2.45) is 12.8 Å². The number of hydrogen-bond acceptors (Lipinski definition) is 7. The fourth-order valence-electron chi connectivity index (χ4n) is 3.89. The van der Waals surface area contributed by atoms with Crippen molar-refractivity contribution in [3.8, 4) is 11.3 Å². The first-order valence-corrected chi connectivity index (χ1v) is 13.0. The average Bonchev–Trinajstić information content (AvgIpc) is 3.31. The van der Waals surface area contributed by atoms with Gasteiger partial charge in [-0.15, -0.1) is 0 Å². The molecule has 13 heteroatoms. The Bertz CT molecular complexity index is 1400. The SMILES string of the molecule is C[C@H](CNC(=O)c1cc(F)c(-c2cnn(C)c2)nc1NCCc1cccc(F)c1)N(CC(N)=O)C(=O)OC(C)(C)C. The van der Waals surface area contributed by atoms with Crippen LogP contribution in [-0.4, -0.2) is 68.8 Å². The number of ether oxygens (including phenoxy) is 1. The summed E-state index contributed by atoms with van der Waals surface area (Å²) in [6.45, 7) is 6.40. The lowest BCUT2D eigenvalue weighted by molar-refractivity contribution is -0.119. The highest BCUT2D eigenvalue weighted by molar-refractivity contribution is 5.99. The predicted octanol–water partition coefficient (Wildman–Crippen LogP) is 3.26. The number of nitrogens with two attached hydrogens (primary N) is 1. The van der Waals surface area contributed by atoms with Crippen molar-refractivity contribution >= 4 is 23.7 Å². The van der Waals surface area contributed by atoms with E-state index >= 15 is 4.39 Å². The molecule has 2 aromatic heterocycles. The molecule has 1 aromatic carbocycles. The quantitative estimate of drug-likeness (QED) is 0.320. The summed E-state index contributed by atoms with van der Waals surface area (Å²) < 4.78 is 35.6. The molecule has 3 rings (SSSR count). The minimum Gasteiger partial charge on any atom is -0.444 e. The highest BCUT2D eigenvalue weighted by Gasteiger charge is 2.28. The zero-order valence-corrected chi connectivity index (χ0v) is 23.7. The number of aryl methyl sites for hydroxylation is 1. The molecule has 0 radical (unpaired) electrons. The summed E-state index contributed by atoms with van der Waals surface area (Å²) in [5.74, 6) is -2.43. The number of rotatable bonds is 11. The zero-order chi connectivity index (χ0) is 30.3. The van der Waals surface area contributed by atoms with Crippen molar-refractivity contribution in [3.05, 3.63) is 65.5 Å². The normalized spacial score (nSPS) is 12.0. The molecule has 0 fully saturated rings. The first-order chi connectivity index (χ1) is 19.2. The van der Waals surface area contributed by atoms with Gasteiger partial charge in [0, 0.05) is 31.9 Å². The number of nitrogens with one attached hydrogen (secondary N) is 2. The Labute approximate surface area is 237 Å². The number of benzene rings is 1. The monoisotopic (exact) mass is 571 g/mol. The molecule has 41 heavy (non-hydrogen) atoms. The van der Waals surface area contributed by atoms with Crippen LogP contribution in [0.25, 0.3) is 11.3 Å². The second-order valence-electron chi connectivity index (χ2n) is 10.6. The van der Waals surface area contributed by atoms with Crippen molar-refractivity contribution in [2.75, 3.05) is 25.0 Å². The molecule has 0 saturated carbocycles. The smallest absolute Gasteiger partial charge is 0.411 e. The van der Waals surface area contributed by atoms with E-state index in [1.807, 2.05) is 0 Å². The molecule has 2 heterocycles. The Morgan fingerprint density at radius 3 is 2.54 bits per heavy atom. The molecule has 3 amide bonds. The number of pyridine rings is 1. The maximum Gasteiger partial charge on any atom is 0.411 e. The van der Waals surface area contributed by atoms with Gasteiger partial charge in [0.25, 0.3) is 5.91 Å². The van der Waals surface area contributed by atoms with Gasteiger partial charge < -0.3 is 21.1 Å². The van der Waals surface area contributed by atoms with Crippen LogP contribution in [0.3, 0.4) is 0 Å². The highest BCUT2D eigenvalue weighted by atomic mass is 19.1. The van der Waals surface area contributed by atoms with Crippen LogP contribution in [0.2, 0.25) is 0 Å². The van der Waals surface area contributed by atoms with E-state index in [0.717, 1.165) is 16.5 Å². The van der Waals surface area contributed by atoms with E-state index in [4.69, 9.17) is 10.5 Å². The Morgan fingerprint density at radius 1 is 1.20 bits per heavy atom. The van der Waals surface area contributed by atoms with Gasteiger partial charge >= 0.3 is 6.09 Å². The second kappa shape index (κ2) is 13.2. The summed E-state index contributed by atoms with van der Waals surface area (Å²) in [5.41, 5.74) is 5.55. The molecule has 0 saturated heterocycles. The topological polar surface area (TPSA) is 144 Å². The van der Waals surface area contributed by atoms with Crippen LogP contribution in [0.4, 0.5) is 19.4 Å². The van der Waals surface area contributed by atoms with Gasteiger partial charge in [-0.3, -0.25) is 19.2 Å². The van der Waals surface area contributed by atoms with Gasteiger partial charge in [0.05, 0.1) is 17.8 Å². The number of hydrogen-bond donors (Lipinski definition) is 3. The summed E-state index contributed by atoms with van der Waals surface area (Å²) >= 11 is 0. The van der Waals surface area contributed by atoms with Crippen molar-refractivity contribution in [1.82, 2.24) is 25.0 Å². The third-order valence-electron chi connectivity index (χ3n) is 5.84. The van der Waals surface area contributed by atoms with Crippen LogP contribution < -0.4 is 16.4 Å². The third-order valence-corrected chi connectivity index (χ3v) is 5.84. The standard InChI is InChI=1S/C28H35F2N7O4/c1-17(37(16-23(31)38)27(40)41-28(2,3)4)13-33-26(39)21-12-22(30)24(19-14-34-36(5)15-19)35-25(21)32-10-9-18-7-6-8-20(29)11-18/h6-8,11-12,14-15,17H,9-10,13,16H2,1-5H3,(H2,31,38)(H,32,35)(H,33,39)/t17-/m1/s1. The molecule has 3 aromatic rings. The Balaban J connectivity index is 1.82. The van der Waals surface area contributed by atoms with Gasteiger partial charge in [-0.2, -0.15) is 5.10 Å². The Kier molecular flexibility index (Phi) is 9.98. The van der Waals surface area contributed by atoms with E-state index in [1.165, 1.54) is 23.0 Å². The van der Waals surface area contributed by atoms with E-state index in [0.29, 0.717) is 12.0 Å². The number of carbonyl (C=O) groups excluding carboxylic acids is 3. The van der Waals surface area contributed by atoms with Crippen molar-refractivity contribution in [1.29, 1.82) is 0 Å². The second-order valence-corrected chi connectivity index (χ2v) is 10.6. The number of anilines is 1. The third kappa shape index (κ3) is 8.98. The van der Waals surface area contributed by atoms with Gasteiger partial charge in [-0.05, 0) is 57.9 Å². The van der Waals surface area contributed by atoms with Crippen molar-refractivity contribution in [2.45, 2.75) is 45.8 Å². The van der Waals surface area contributed by atoms with Crippen LogP contribution >= 0.6 is 0 Å². The first kappa shape index (κ1) is 31.0. The van der Waals surface area contributed by atoms with Crippen LogP contribution in [0.1, 0.15) is 43.6 Å². The fraction of sp³-hybridized carbons (Fsp3) is 0.393. The molecule has 220 valence electrons. The molecule has 0 spiro atoms. The molecular formula is C28H35F2N7O4. The van der Waals surface area contributed by atoms with E-state index in [9.17, 15) is 18.8 Å². The summed E-state index contributed by atoms with van der Waals surface area (Å²) in [5, 5.41) is 9.77. The maximum atomic E-state index is 15.2. The molecule has 0 aliphatic heterocycles. The van der Waals surface area contributed by atoms with E-state index < -0.39 is 41.9 Å². The van der Waals surface area contributed by atoms with Crippen molar-refractivity contribution in [3.63, 3.8) is 0 Å². The minimum atomic E-state index is -0.818. The van der Waals surface area contributed by atoms with Gasteiger partial charge in [0.15, 0.2) is 5.82 Å². The van der Waals surface area contributed by atoms with Crippen LogP contribution in [-0.2, 0) is 23.0 Å². The summed E-state index contributed by atoms with van der Waals surface area (Å²) in [6.07, 6.45) is 2.68. The highest BCUT2D eigenvalue weighted by Crippen LogP contribution is 2.25. The average molecular weight is 572 g/mol. The lowest BCUT2D eigenvalue weighted by Gasteiger charge is -2.31. The molecule has 1 atom stereocenters. The molecule has 0 bridgehead atoms. The lowest BCUT2D eigenvalue weighted by atomic mass is 10.1. The zero-order valence-electron chi connectivity index (χ0n) is 23.7. The molecule has 4 N–H and O–H groups in total. The summed E-state index contributed by atoms with van der Waals surface area (Å²) in [7, 11) is 1.68. The number of primary amides is 1. The largest absolute Gasteiger partial charge is 0.444 e. The Morgan fingerprint density at radius 2 is 1.93 bits per heavy atom. The van der Waals surface area contributed by atoms with Gasteiger partial charge in [0.1, 0.15) is 29.5 Å². The number of nitrogens with zero attached hydrogens (tertiary/aromatic N) is 4. The predicted molar refractivity (Wildman–Crippen MR) is 149 cm³/mol. The lowest BCUT2D eigenvalue weighted by Crippen LogP contribution is -2.50. The minimum absolute atomic E-state index is 0.00571. The molecule has 11 nitrogen and oxygen atoms in total. The maximum absolute atomic E-state index is 15.2. The first-order valence-electron chi connectivity index (χ1n) is 13.0. The molecular weight excluding hydrogens is 536 g/mol. The summed E-state index contributed by atoms with van der Waals surface area (Å²) in [4.78, 5) is 43.0. The number of amides is 3. The van der Waals surface area contributed by atoms with E-state index in [-0.39, 0.29) is 36.0 Å². The molecule has 0 aliphatic rings. The molecule has 0 aliphatic carbocycles. The van der Waals surface area contributed by atoms with E-state index in [2.05, 4.69) is 20.7 Å².